The number of anilines is 1. The summed E-state index contributed by atoms with van der Waals surface area (Å²) in [4.78, 5) is 0. The van der Waals surface area contributed by atoms with Gasteiger partial charge in [0.25, 0.3) is 0 Å². The Kier molecular flexibility index (Phi) is 4.56. The zero-order chi connectivity index (χ0) is 15.6. The molecule has 2 rings (SSSR count). The minimum atomic E-state index is -0.208. The predicted molar refractivity (Wildman–Crippen MR) is 86.1 cm³/mol. The van der Waals surface area contributed by atoms with Crippen molar-refractivity contribution >= 4 is 5.82 Å². The molecule has 0 aliphatic rings. The van der Waals surface area contributed by atoms with E-state index in [1.165, 1.54) is 6.07 Å². The van der Waals surface area contributed by atoms with Crippen LogP contribution in [-0.4, -0.2) is 10.2 Å². The van der Waals surface area contributed by atoms with Crippen LogP contribution in [0.15, 0.2) is 24.3 Å². The maximum Gasteiger partial charge on any atom is 0.152 e. The maximum atomic E-state index is 13.2. The molecule has 2 aromatic rings. The molecule has 0 saturated heterocycles. The first-order valence-electron chi connectivity index (χ1n) is 7.25. The standard InChI is InChI=1S/C17H22FN3.H2/c1-10(2)16-9-12(4)17(21-20-16)19-13(5)15-7-6-14(18)8-11(15)3;/h6-10,13H,1-5H3,(H,19,21);1H/t13-;/m1./s1. The molecule has 0 amide bonds. The molecule has 1 aromatic heterocycles. The highest BCUT2D eigenvalue weighted by molar-refractivity contribution is 5.46. The summed E-state index contributed by atoms with van der Waals surface area (Å²) in [6, 6.07) is 6.95. The normalized spacial score (nSPS) is 12.5. The third kappa shape index (κ3) is 3.57. The second-order valence-corrected chi connectivity index (χ2v) is 5.82. The van der Waals surface area contributed by atoms with Gasteiger partial charge < -0.3 is 5.32 Å². The minimum Gasteiger partial charge on any atom is -0.362 e. The summed E-state index contributed by atoms with van der Waals surface area (Å²) in [6.45, 7) is 10.2. The molecule has 114 valence electrons. The molecule has 0 aliphatic carbocycles. The molecule has 3 nitrogen and oxygen atoms in total. The van der Waals surface area contributed by atoms with Crippen molar-refractivity contribution in [3.8, 4) is 0 Å². The van der Waals surface area contributed by atoms with E-state index in [2.05, 4.69) is 35.4 Å². The van der Waals surface area contributed by atoms with Gasteiger partial charge in [0, 0.05) is 1.43 Å². The zero-order valence-corrected chi connectivity index (χ0v) is 13.2. The molecular formula is C17H24FN3. The van der Waals surface area contributed by atoms with E-state index < -0.39 is 0 Å². The third-order valence-electron chi connectivity index (χ3n) is 3.65. The van der Waals surface area contributed by atoms with Crippen molar-refractivity contribution in [2.24, 2.45) is 0 Å². The number of hydrogen-bond acceptors (Lipinski definition) is 3. The second kappa shape index (κ2) is 6.20. The summed E-state index contributed by atoms with van der Waals surface area (Å²) in [7, 11) is 0. The van der Waals surface area contributed by atoms with Crippen LogP contribution in [0.5, 0.6) is 0 Å². The maximum absolute atomic E-state index is 13.2. The number of nitrogens with one attached hydrogen (secondary N) is 1. The number of aromatic nitrogens is 2. The summed E-state index contributed by atoms with van der Waals surface area (Å²) in [5, 5.41) is 11.9. The molecule has 21 heavy (non-hydrogen) atoms. The first-order chi connectivity index (χ1) is 9.88. The Bertz CT molecular complexity index is 644. The topological polar surface area (TPSA) is 37.8 Å². The Labute approximate surface area is 127 Å². The Hall–Kier alpha value is -1.97. The molecule has 0 spiro atoms. The molecule has 0 bridgehead atoms. The zero-order valence-electron chi connectivity index (χ0n) is 13.2. The number of benzene rings is 1. The molecule has 1 aromatic carbocycles. The highest BCUT2D eigenvalue weighted by Gasteiger charge is 2.12. The van der Waals surface area contributed by atoms with Gasteiger partial charge in [-0.2, -0.15) is 5.10 Å². The van der Waals surface area contributed by atoms with Gasteiger partial charge in [0.2, 0.25) is 0 Å². The molecule has 1 N–H and O–H groups in total. The highest BCUT2D eigenvalue weighted by atomic mass is 19.1. The van der Waals surface area contributed by atoms with Crippen LogP contribution in [0.1, 0.15) is 56.5 Å². The van der Waals surface area contributed by atoms with Gasteiger partial charge in [-0.25, -0.2) is 4.39 Å². The van der Waals surface area contributed by atoms with Crippen LogP contribution in [0.4, 0.5) is 10.2 Å². The quantitative estimate of drug-likeness (QED) is 0.880. The lowest BCUT2D eigenvalue weighted by atomic mass is 10.0. The van der Waals surface area contributed by atoms with E-state index in [0.717, 1.165) is 28.2 Å². The Morgan fingerprint density at radius 1 is 1.05 bits per heavy atom. The summed E-state index contributed by atoms with van der Waals surface area (Å²) < 4.78 is 13.2. The van der Waals surface area contributed by atoms with Crippen LogP contribution in [-0.2, 0) is 0 Å². The fraction of sp³-hybridized carbons (Fsp3) is 0.412. The number of hydrogen-bond donors (Lipinski definition) is 1. The van der Waals surface area contributed by atoms with E-state index in [4.69, 9.17) is 0 Å². The number of rotatable bonds is 4. The lowest BCUT2D eigenvalue weighted by Crippen LogP contribution is -2.12. The fourth-order valence-corrected chi connectivity index (χ4v) is 2.34. The molecule has 0 fully saturated rings. The summed E-state index contributed by atoms with van der Waals surface area (Å²) in [5.74, 6) is 0.929. The van der Waals surface area contributed by atoms with Gasteiger partial charge in [0.05, 0.1) is 11.7 Å². The molecule has 4 heteroatoms. The summed E-state index contributed by atoms with van der Waals surface area (Å²) in [6.07, 6.45) is 0. The first-order valence-corrected chi connectivity index (χ1v) is 7.25. The minimum absolute atomic E-state index is 0. The van der Waals surface area contributed by atoms with Gasteiger partial charge in [-0.1, -0.05) is 19.9 Å². The van der Waals surface area contributed by atoms with Crippen LogP contribution < -0.4 is 5.32 Å². The SMILES string of the molecule is Cc1cc(F)ccc1[C@@H](C)Nc1nnc(C(C)C)cc1C.[HH]. The molecular weight excluding hydrogens is 265 g/mol. The van der Waals surface area contributed by atoms with Crippen LogP contribution in [0, 0.1) is 19.7 Å². The average molecular weight is 289 g/mol. The monoisotopic (exact) mass is 289 g/mol. The molecule has 0 unspecified atom stereocenters. The lowest BCUT2D eigenvalue weighted by molar-refractivity contribution is 0.624. The number of aryl methyl sites for hydroxylation is 2. The lowest BCUT2D eigenvalue weighted by Gasteiger charge is -2.18. The summed E-state index contributed by atoms with van der Waals surface area (Å²) >= 11 is 0. The number of halogens is 1. The van der Waals surface area contributed by atoms with Gasteiger partial charge >= 0.3 is 0 Å². The van der Waals surface area contributed by atoms with E-state index in [0.29, 0.717) is 5.92 Å². The van der Waals surface area contributed by atoms with Crippen molar-refractivity contribution in [3.63, 3.8) is 0 Å². The Balaban J connectivity index is 0.00000242. The van der Waals surface area contributed by atoms with Crippen LogP contribution in [0.3, 0.4) is 0 Å². The smallest absolute Gasteiger partial charge is 0.152 e. The van der Waals surface area contributed by atoms with E-state index in [-0.39, 0.29) is 13.3 Å². The largest absolute Gasteiger partial charge is 0.362 e. The van der Waals surface area contributed by atoms with E-state index in [9.17, 15) is 4.39 Å². The van der Waals surface area contributed by atoms with Crippen molar-refractivity contribution in [1.29, 1.82) is 0 Å². The first kappa shape index (κ1) is 15.4. The predicted octanol–water partition coefficient (Wildman–Crippen LogP) is 4.78. The van der Waals surface area contributed by atoms with Crippen LogP contribution in [0.2, 0.25) is 0 Å². The summed E-state index contributed by atoms with van der Waals surface area (Å²) in [5.41, 5.74) is 4.05. The van der Waals surface area contributed by atoms with E-state index >= 15 is 0 Å². The number of nitrogens with zero attached hydrogens (tertiary/aromatic N) is 2. The van der Waals surface area contributed by atoms with Crippen LogP contribution >= 0.6 is 0 Å². The van der Waals surface area contributed by atoms with E-state index in [1.54, 1.807) is 6.07 Å². The van der Waals surface area contributed by atoms with Crippen molar-refractivity contribution in [3.05, 3.63) is 52.5 Å². The van der Waals surface area contributed by atoms with Crippen molar-refractivity contribution < 1.29 is 5.82 Å². The van der Waals surface area contributed by atoms with Crippen molar-refractivity contribution in [2.45, 2.75) is 46.6 Å². The van der Waals surface area contributed by atoms with Gasteiger partial charge in [-0.15, -0.1) is 5.10 Å². The van der Waals surface area contributed by atoms with Gasteiger partial charge in [-0.05, 0) is 61.6 Å². The van der Waals surface area contributed by atoms with Gasteiger partial charge in [0.15, 0.2) is 5.82 Å². The molecule has 0 radical (unpaired) electrons. The Morgan fingerprint density at radius 3 is 2.33 bits per heavy atom. The van der Waals surface area contributed by atoms with E-state index in [1.807, 2.05) is 26.8 Å². The molecule has 1 atom stereocenters. The Morgan fingerprint density at radius 2 is 1.76 bits per heavy atom. The average Bonchev–Trinajstić information content (AvgIpc) is 2.40. The fourth-order valence-electron chi connectivity index (χ4n) is 2.34. The third-order valence-corrected chi connectivity index (χ3v) is 3.65. The molecule has 1 heterocycles. The van der Waals surface area contributed by atoms with Crippen molar-refractivity contribution in [1.82, 2.24) is 10.2 Å². The van der Waals surface area contributed by atoms with Crippen LogP contribution in [0.25, 0.3) is 0 Å². The van der Waals surface area contributed by atoms with Crippen molar-refractivity contribution in [2.75, 3.05) is 5.32 Å². The molecule has 0 aliphatic heterocycles. The molecule has 0 saturated carbocycles. The highest BCUT2D eigenvalue weighted by Crippen LogP contribution is 2.24. The second-order valence-electron chi connectivity index (χ2n) is 5.82. The van der Waals surface area contributed by atoms with Gasteiger partial charge in [0.1, 0.15) is 5.82 Å². The van der Waals surface area contributed by atoms with Gasteiger partial charge in [-0.3, -0.25) is 0 Å².